The predicted molar refractivity (Wildman–Crippen MR) is 101 cm³/mol. The maximum atomic E-state index is 12.7. The summed E-state index contributed by atoms with van der Waals surface area (Å²) in [5.74, 6) is -0.846. The number of esters is 1. The summed E-state index contributed by atoms with van der Waals surface area (Å²) in [7, 11) is 1.19. The van der Waals surface area contributed by atoms with E-state index >= 15 is 0 Å². The van der Waals surface area contributed by atoms with Crippen molar-refractivity contribution in [3.05, 3.63) is 69.3 Å². The number of nitro groups is 1. The lowest BCUT2D eigenvalue weighted by Gasteiger charge is -2.14. The van der Waals surface area contributed by atoms with Crippen molar-refractivity contribution in [1.29, 1.82) is 0 Å². The summed E-state index contributed by atoms with van der Waals surface area (Å²) in [6.45, 7) is 1.53. The van der Waals surface area contributed by atoms with Crippen molar-refractivity contribution in [3.63, 3.8) is 0 Å². The van der Waals surface area contributed by atoms with E-state index in [0.717, 1.165) is 24.3 Å². The lowest BCUT2D eigenvalue weighted by Crippen LogP contribution is -2.10. The van der Waals surface area contributed by atoms with E-state index in [0.29, 0.717) is 6.07 Å². The van der Waals surface area contributed by atoms with E-state index < -0.39 is 28.7 Å². The molecule has 0 aliphatic rings. The summed E-state index contributed by atoms with van der Waals surface area (Å²) in [5, 5.41) is 10.9. The number of alkyl halides is 3. The smallest absolute Gasteiger partial charge is 0.416 e. The molecule has 0 aromatic heterocycles. The van der Waals surface area contributed by atoms with Gasteiger partial charge in [0, 0.05) is 18.2 Å². The predicted octanol–water partition coefficient (Wildman–Crippen LogP) is 5.56. The summed E-state index contributed by atoms with van der Waals surface area (Å²) in [6.07, 6.45) is -2.88. The SMILES string of the molecule is COC(=O)/C=C/C(C)Oc1cc(Oc2ccc(C(F)(F)F)cc2Cl)ccc1[N+](=O)[O-]. The zero-order valence-corrected chi connectivity index (χ0v) is 16.4. The first-order valence-corrected chi connectivity index (χ1v) is 8.65. The Hall–Kier alpha value is -3.27. The van der Waals surface area contributed by atoms with Crippen molar-refractivity contribution in [3.8, 4) is 17.2 Å². The second-order valence-electron chi connectivity index (χ2n) is 5.84. The van der Waals surface area contributed by atoms with E-state index in [1.54, 1.807) is 0 Å². The molecule has 2 aromatic rings. The van der Waals surface area contributed by atoms with Crippen LogP contribution >= 0.6 is 11.6 Å². The second kappa shape index (κ2) is 9.49. The van der Waals surface area contributed by atoms with Crippen LogP contribution in [0.25, 0.3) is 0 Å². The number of halogens is 4. The molecule has 0 saturated heterocycles. The van der Waals surface area contributed by atoms with E-state index in [1.807, 2.05) is 0 Å². The summed E-state index contributed by atoms with van der Waals surface area (Å²) in [5.41, 5.74) is -1.32. The molecule has 7 nitrogen and oxygen atoms in total. The lowest BCUT2D eigenvalue weighted by atomic mass is 10.2. The zero-order chi connectivity index (χ0) is 22.5. The molecule has 0 N–H and O–H groups in total. The van der Waals surface area contributed by atoms with Crippen molar-refractivity contribution >= 4 is 23.3 Å². The standard InChI is InChI=1S/C19H15ClF3NO6/c1-11(3-8-18(25)28-2)29-17-10-13(5-6-15(17)24(26)27)30-16-7-4-12(9-14(16)20)19(21,22)23/h3-11H,1-2H3/b8-3+. The highest BCUT2D eigenvalue weighted by atomic mass is 35.5. The molecule has 0 fully saturated rings. The van der Waals surface area contributed by atoms with Gasteiger partial charge in [-0.15, -0.1) is 0 Å². The highest BCUT2D eigenvalue weighted by Crippen LogP contribution is 2.38. The van der Waals surface area contributed by atoms with Crippen molar-refractivity contribution in [2.24, 2.45) is 0 Å². The van der Waals surface area contributed by atoms with Crippen LogP contribution in [0, 0.1) is 10.1 Å². The van der Waals surface area contributed by atoms with Crippen LogP contribution in [-0.4, -0.2) is 24.1 Å². The Balaban J connectivity index is 2.28. The van der Waals surface area contributed by atoms with Crippen LogP contribution in [0.3, 0.4) is 0 Å². The third-order valence-electron chi connectivity index (χ3n) is 3.63. The van der Waals surface area contributed by atoms with Crippen LogP contribution in [0.5, 0.6) is 17.2 Å². The summed E-state index contributed by atoms with van der Waals surface area (Å²) < 4.78 is 53.6. The molecule has 2 aromatic carbocycles. The third kappa shape index (κ3) is 6.11. The van der Waals surface area contributed by atoms with Crippen molar-refractivity contribution in [1.82, 2.24) is 0 Å². The number of carbonyl (C=O) groups is 1. The summed E-state index contributed by atoms with van der Waals surface area (Å²) >= 11 is 5.86. The first kappa shape index (κ1) is 23.0. The van der Waals surface area contributed by atoms with Gasteiger partial charge in [-0.25, -0.2) is 4.79 Å². The normalized spacial score (nSPS) is 12.5. The number of rotatable bonds is 7. The topological polar surface area (TPSA) is 87.9 Å². The van der Waals surface area contributed by atoms with Gasteiger partial charge in [-0.3, -0.25) is 10.1 Å². The van der Waals surface area contributed by atoms with Gasteiger partial charge < -0.3 is 14.2 Å². The largest absolute Gasteiger partial charge is 0.479 e. The van der Waals surface area contributed by atoms with E-state index in [1.165, 1.54) is 32.2 Å². The molecular weight excluding hydrogens is 431 g/mol. The number of nitrogens with zero attached hydrogens (tertiary/aromatic N) is 1. The molecule has 0 heterocycles. The number of carbonyl (C=O) groups excluding carboxylic acids is 1. The summed E-state index contributed by atoms with van der Waals surface area (Å²) in [4.78, 5) is 21.7. The highest BCUT2D eigenvalue weighted by molar-refractivity contribution is 6.32. The van der Waals surface area contributed by atoms with E-state index in [4.69, 9.17) is 21.1 Å². The summed E-state index contributed by atoms with van der Waals surface area (Å²) in [6, 6.07) is 6.08. The van der Waals surface area contributed by atoms with Gasteiger partial charge in [-0.05, 0) is 37.3 Å². The molecule has 0 aliphatic heterocycles. The molecule has 0 aliphatic carbocycles. The van der Waals surface area contributed by atoms with E-state index in [2.05, 4.69) is 4.74 Å². The molecule has 0 radical (unpaired) electrons. The number of ether oxygens (including phenoxy) is 3. The third-order valence-corrected chi connectivity index (χ3v) is 3.93. The minimum absolute atomic E-state index is 0.0430. The number of methoxy groups -OCH3 is 1. The van der Waals surface area contributed by atoms with Crippen molar-refractivity contribution in [2.45, 2.75) is 19.2 Å². The van der Waals surface area contributed by atoms with Crippen LogP contribution in [0.15, 0.2) is 48.6 Å². The Morgan fingerprint density at radius 3 is 2.47 bits per heavy atom. The number of nitro benzene ring substituents is 1. The molecule has 0 bridgehead atoms. The Kier molecular flexibility index (Phi) is 7.28. The Bertz CT molecular complexity index is 977. The molecule has 160 valence electrons. The monoisotopic (exact) mass is 445 g/mol. The van der Waals surface area contributed by atoms with Gasteiger partial charge in [-0.1, -0.05) is 11.6 Å². The van der Waals surface area contributed by atoms with Gasteiger partial charge in [-0.2, -0.15) is 13.2 Å². The Labute approximate surface area is 173 Å². The van der Waals surface area contributed by atoms with Crippen LogP contribution in [-0.2, 0) is 15.7 Å². The van der Waals surface area contributed by atoms with Gasteiger partial charge in [0.15, 0.2) is 0 Å². The second-order valence-corrected chi connectivity index (χ2v) is 6.24. The first-order chi connectivity index (χ1) is 14.0. The average Bonchev–Trinajstić information content (AvgIpc) is 2.66. The molecule has 11 heteroatoms. The fourth-order valence-electron chi connectivity index (χ4n) is 2.21. The minimum atomic E-state index is -4.57. The molecule has 1 atom stereocenters. The Morgan fingerprint density at radius 2 is 1.90 bits per heavy atom. The van der Waals surface area contributed by atoms with Crippen LogP contribution in [0.2, 0.25) is 5.02 Å². The maximum absolute atomic E-state index is 12.7. The zero-order valence-electron chi connectivity index (χ0n) is 15.6. The molecule has 0 saturated carbocycles. The molecule has 0 spiro atoms. The number of hydrogen-bond donors (Lipinski definition) is 0. The number of hydrogen-bond acceptors (Lipinski definition) is 6. The van der Waals surface area contributed by atoms with Crippen LogP contribution in [0.4, 0.5) is 18.9 Å². The fourth-order valence-corrected chi connectivity index (χ4v) is 2.43. The lowest BCUT2D eigenvalue weighted by molar-refractivity contribution is -0.386. The molecule has 0 amide bonds. The van der Waals surface area contributed by atoms with Crippen LogP contribution < -0.4 is 9.47 Å². The molecule has 1 unspecified atom stereocenters. The molecular formula is C19H15ClF3NO6. The molecule has 30 heavy (non-hydrogen) atoms. The quantitative estimate of drug-likeness (QED) is 0.240. The van der Waals surface area contributed by atoms with Crippen molar-refractivity contribution in [2.75, 3.05) is 7.11 Å². The Morgan fingerprint density at radius 1 is 1.20 bits per heavy atom. The van der Waals surface area contributed by atoms with Gasteiger partial charge in [0.25, 0.3) is 0 Å². The first-order valence-electron chi connectivity index (χ1n) is 8.27. The van der Waals surface area contributed by atoms with Gasteiger partial charge in [0.2, 0.25) is 5.75 Å². The fraction of sp³-hybridized carbons (Fsp3) is 0.211. The van der Waals surface area contributed by atoms with Gasteiger partial charge in [0.05, 0.1) is 22.6 Å². The van der Waals surface area contributed by atoms with Gasteiger partial charge in [0.1, 0.15) is 17.6 Å². The van der Waals surface area contributed by atoms with E-state index in [9.17, 15) is 28.1 Å². The van der Waals surface area contributed by atoms with Gasteiger partial charge >= 0.3 is 17.8 Å². The number of benzene rings is 2. The van der Waals surface area contributed by atoms with E-state index in [-0.39, 0.29) is 28.0 Å². The maximum Gasteiger partial charge on any atom is 0.416 e. The average molecular weight is 446 g/mol. The molecule has 2 rings (SSSR count). The van der Waals surface area contributed by atoms with Crippen molar-refractivity contribution < 1.29 is 37.1 Å². The van der Waals surface area contributed by atoms with Crippen LogP contribution in [0.1, 0.15) is 12.5 Å². The highest BCUT2D eigenvalue weighted by Gasteiger charge is 2.31. The minimum Gasteiger partial charge on any atom is -0.479 e.